The summed E-state index contributed by atoms with van der Waals surface area (Å²) >= 11 is 0. The number of para-hydroxylation sites is 1. The van der Waals surface area contributed by atoms with Gasteiger partial charge < -0.3 is 14.9 Å². The SMILES string of the molecule is O=C(O)c1ccccc1O.O=C1CCC(=O)O1.O=[N+]([O-])c1cccc([N+](=O)[O-])c1. The molecule has 0 amide bonds. The molecule has 2 N–H and O–H groups in total. The Morgan fingerprint density at radius 2 is 1.38 bits per heavy atom. The second kappa shape index (κ2) is 10.7. The van der Waals surface area contributed by atoms with E-state index in [1.165, 1.54) is 30.3 Å². The summed E-state index contributed by atoms with van der Waals surface area (Å²) in [6.45, 7) is 0. The van der Waals surface area contributed by atoms with Crippen LogP contribution in [-0.2, 0) is 14.3 Å². The molecule has 0 bridgehead atoms. The lowest BCUT2D eigenvalue weighted by molar-refractivity contribution is -0.394. The minimum atomic E-state index is -1.11. The lowest BCUT2D eigenvalue weighted by Gasteiger charge is -1.95. The van der Waals surface area contributed by atoms with Crippen molar-refractivity contribution in [3.8, 4) is 5.75 Å². The summed E-state index contributed by atoms with van der Waals surface area (Å²) < 4.78 is 4.08. The lowest BCUT2D eigenvalue weighted by Crippen LogP contribution is -1.95. The van der Waals surface area contributed by atoms with Crippen LogP contribution in [0.25, 0.3) is 0 Å². The number of rotatable bonds is 3. The van der Waals surface area contributed by atoms with Crippen molar-refractivity contribution in [2.45, 2.75) is 12.8 Å². The van der Waals surface area contributed by atoms with E-state index in [9.17, 15) is 34.6 Å². The maximum absolute atomic E-state index is 10.3. The van der Waals surface area contributed by atoms with Crippen LogP contribution in [0.1, 0.15) is 23.2 Å². The zero-order chi connectivity index (χ0) is 22.0. The fourth-order valence-electron chi connectivity index (χ4n) is 1.81. The van der Waals surface area contributed by atoms with Crippen molar-refractivity contribution in [3.05, 3.63) is 74.3 Å². The maximum Gasteiger partial charge on any atom is 0.339 e. The Morgan fingerprint density at radius 3 is 1.69 bits per heavy atom. The number of carbonyl (C=O) groups is 3. The predicted octanol–water partition coefficient (Wildman–Crippen LogP) is 2.44. The van der Waals surface area contributed by atoms with E-state index in [2.05, 4.69) is 4.74 Å². The first-order valence-electron chi connectivity index (χ1n) is 7.75. The summed E-state index contributed by atoms with van der Waals surface area (Å²) in [5.41, 5.74) is -0.615. The molecule has 2 aromatic carbocycles. The van der Waals surface area contributed by atoms with Gasteiger partial charge in [0.25, 0.3) is 11.4 Å². The minimum Gasteiger partial charge on any atom is -0.507 e. The van der Waals surface area contributed by atoms with Gasteiger partial charge in [-0.05, 0) is 18.2 Å². The molecule has 12 nitrogen and oxygen atoms in total. The van der Waals surface area contributed by atoms with E-state index in [0.717, 1.165) is 6.07 Å². The first kappa shape index (κ1) is 22.7. The number of cyclic esters (lactones) is 2. The number of ether oxygens (including phenoxy) is 1. The van der Waals surface area contributed by atoms with Crippen LogP contribution in [0.15, 0.2) is 48.5 Å². The summed E-state index contributed by atoms with van der Waals surface area (Å²) in [6, 6.07) is 10.4. The number of nitro groups is 2. The molecule has 29 heavy (non-hydrogen) atoms. The van der Waals surface area contributed by atoms with E-state index in [1.807, 2.05) is 0 Å². The molecule has 0 aliphatic carbocycles. The van der Waals surface area contributed by atoms with E-state index >= 15 is 0 Å². The zero-order valence-electron chi connectivity index (χ0n) is 14.6. The Kier molecular flexibility index (Phi) is 8.38. The standard InChI is InChI=1S/C7H6O3.C6H4N2O4.C4H4O3/c8-6-4-2-1-3-5(6)7(9)10;9-7(10)5-2-1-3-6(4-5)8(11)12;5-3-1-2-4(6)7-3/h1-4,8H,(H,9,10);1-4H;1-2H2. The fourth-order valence-corrected chi connectivity index (χ4v) is 1.81. The van der Waals surface area contributed by atoms with Gasteiger partial charge in [-0.1, -0.05) is 12.1 Å². The molecule has 0 spiro atoms. The van der Waals surface area contributed by atoms with Gasteiger partial charge in [-0.15, -0.1) is 0 Å². The number of nitro benzene ring substituents is 2. The largest absolute Gasteiger partial charge is 0.507 e. The molecule has 0 unspecified atom stereocenters. The fraction of sp³-hybridized carbons (Fsp3) is 0.118. The Morgan fingerprint density at radius 1 is 0.897 bits per heavy atom. The van der Waals surface area contributed by atoms with Crippen LogP contribution < -0.4 is 0 Å². The van der Waals surface area contributed by atoms with Crippen LogP contribution in [0.3, 0.4) is 0 Å². The van der Waals surface area contributed by atoms with E-state index in [1.54, 1.807) is 12.1 Å². The predicted molar refractivity (Wildman–Crippen MR) is 95.1 cm³/mol. The van der Waals surface area contributed by atoms with Crippen molar-refractivity contribution in [2.75, 3.05) is 0 Å². The van der Waals surface area contributed by atoms with E-state index in [4.69, 9.17) is 10.2 Å². The molecule has 3 rings (SSSR count). The van der Waals surface area contributed by atoms with Crippen molar-refractivity contribution in [1.29, 1.82) is 0 Å². The Balaban J connectivity index is 0.000000225. The molecular formula is C17H14N2O10. The molecule has 1 saturated heterocycles. The maximum atomic E-state index is 10.3. The third-order valence-electron chi connectivity index (χ3n) is 3.15. The molecule has 152 valence electrons. The highest BCUT2D eigenvalue weighted by Gasteiger charge is 2.19. The number of carboxylic acid groups (broad SMARTS) is 1. The first-order chi connectivity index (χ1) is 13.6. The topological polar surface area (TPSA) is 187 Å². The highest BCUT2D eigenvalue weighted by Crippen LogP contribution is 2.18. The number of carboxylic acids is 1. The quantitative estimate of drug-likeness (QED) is 0.331. The Labute approximate surface area is 162 Å². The number of hydrogen-bond acceptors (Lipinski definition) is 9. The van der Waals surface area contributed by atoms with Gasteiger partial charge in [0.05, 0.1) is 28.8 Å². The molecule has 1 fully saturated rings. The molecule has 12 heteroatoms. The minimum absolute atomic E-state index is 0.0671. The van der Waals surface area contributed by atoms with Crippen molar-refractivity contribution < 1.29 is 39.2 Å². The smallest absolute Gasteiger partial charge is 0.339 e. The number of non-ortho nitro benzene ring substituents is 2. The van der Waals surface area contributed by atoms with Gasteiger partial charge in [-0.3, -0.25) is 29.8 Å². The average molecular weight is 406 g/mol. The number of carbonyl (C=O) groups excluding carboxylic acids is 2. The van der Waals surface area contributed by atoms with Crippen LogP contribution in [0, 0.1) is 20.2 Å². The first-order valence-corrected chi connectivity index (χ1v) is 7.75. The van der Waals surface area contributed by atoms with Crippen molar-refractivity contribution in [3.63, 3.8) is 0 Å². The Bertz CT molecular complexity index is 898. The molecule has 0 aromatic heterocycles. The molecule has 0 atom stereocenters. The number of nitrogens with zero attached hydrogens (tertiary/aromatic N) is 2. The van der Waals surface area contributed by atoms with Gasteiger partial charge in [-0.25, -0.2) is 4.79 Å². The van der Waals surface area contributed by atoms with Crippen molar-refractivity contribution in [1.82, 2.24) is 0 Å². The number of esters is 2. The van der Waals surface area contributed by atoms with Crippen LogP contribution in [0.5, 0.6) is 5.75 Å². The van der Waals surface area contributed by atoms with Gasteiger partial charge in [0, 0.05) is 12.1 Å². The number of phenols is 1. The summed E-state index contributed by atoms with van der Waals surface area (Å²) in [4.78, 5) is 49.3. The molecule has 0 saturated carbocycles. The summed E-state index contributed by atoms with van der Waals surface area (Å²) in [6.07, 6.45) is 0.525. The highest BCUT2D eigenvalue weighted by molar-refractivity contribution is 5.92. The highest BCUT2D eigenvalue weighted by atomic mass is 16.6. The van der Waals surface area contributed by atoms with Gasteiger partial charge in [0.15, 0.2) is 0 Å². The van der Waals surface area contributed by atoms with Gasteiger partial charge in [-0.2, -0.15) is 0 Å². The van der Waals surface area contributed by atoms with Gasteiger partial charge >= 0.3 is 17.9 Å². The molecule has 0 radical (unpaired) electrons. The van der Waals surface area contributed by atoms with Crippen LogP contribution in [0.4, 0.5) is 11.4 Å². The van der Waals surface area contributed by atoms with Gasteiger partial charge in [0.2, 0.25) is 0 Å². The van der Waals surface area contributed by atoms with Crippen LogP contribution in [0.2, 0.25) is 0 Å². The van der Waals surface area contributed by atoms with Gasteiger partial charge in [0.1, 0.15) is 11.3 Å². The number of aromatic carboxylic acids is 1. The van der Waals surface area contributed by atoms with Crippen molar-refractivity contribution in [2.24, 2.45) is 0 Å². The summed E-state index contributed by atoms with van der Waals surface area (Å²) in [5, 5.41) is 37.6. The third kappa shape index (κ3) is 7.82. The molecule has 2 aromatic rings. The molecular weight excluding hydrogens is 392 g/mol. The van der Waals surface area contributed by atoms with E-state index in [-0.39, 0.29) is 35.5 Å². The second-order valence-electron chi connectivity index (χ2n) is 5.20. The van der Waals surface area contributed by atoms with E-state index < -0.39 is 27.8 Å². The van der Waals surface area contributed by atoms with Crippen molar-refractivity contribution >= 4 is 29.3 Å². The zero-order valence-corrected chi connectivity index (χ0v) is 14.6. The van der Waals surface area contributed by atoms with E-state index in [0.29, 0.717) is 0 Å². The van der Waals surface area contributed by atoms with Crippen LogP contribution in [-0.4, -0.2) is 38.0 Å². The summed E-state index contributed by atoms with van der Waals surface area (Å²) in [5.74, 6) is -2.11. The second-order valence-corrected chi connectivity index (χ2v) is 5.20. The number of aromatic hydroxyl groups is 1. The molecule has 1 aliphatic heterocycles. The number of benzene rings is 2. The third-order valence-corrected chi connectivity index (χ3v) is 3.15. The summed E-state index contributed by atoms with van der Waals surface area (Å²) in [7, 11) is 0. The monoisotopic (exact) mass is 406 g/mol. The number of hydrogen-bond donors (Lipinski definition) is 2. The lowest BCUT2D eigenvalue weighted by atomic mass is 10.2. The molecule has 1 aliphatic rings. The normalized spacial score (nSPS) is 11.9. The Hall–Kier alpha value is -4.35. The van der Waals surface area contributed by atoms with Crippen LogP contribution >= 0.6 is 0 Å². The average Bonchev–Trinajstić information content (AvgIpc) is 3.05. The molecule has 1 heterocycles.